The lowest BCUT2D eigenvalue weighted by atomic mass is 10.8. The molecule has 0 saturated heterocycles. The molecular formula is C3H9N6O6P. The van der Waals surface area contributed by atoms with Gasteiger partial charge in [0.1, 0.15) is 0 Å². The second kappa shape index (κ2) is 6.12. The number of hydrogen-bond donors (Lipinski definition) is 8. The number of phosphoric acid groups is 1. The summed E-state index contributed by atoms with van der Waals surface area (Å²) in [7, 11) is -4.64. The van der Waals surface area contributed by atoms with Crippen molar-refractivity contribution in [1.29, 1.82) is 0 Å². The van der Waals surface area contributed by atoms with Crippen LogP contribution in [0.3, 0.4) is 0 Å². The minimum Gasteiger partial charge on any atom is -0.368 e. The molecule has 0 bridgehead atoms. The lowest BCUT2D eigenvalue weighted by Crippen LogP contribution is -2.07. The molecule has 13 heteroatoms. The van der Waals surface area contributed by atoms with Gasteiger partial charge >= 0.3 is 7.82 Å². The van der Waals surface area contributed by atoms with Crippen LogP contribution in [0.2, 0.25) is 0 Å². The summed E-state index contributed by atoms with van der Waals surface area (Å²) >= 11 is 0. The molecule has 0 spiro atoms. The molecule has 9 N–H and O–H groups in total. The number of hydrogen-bond acceptors (Lipinski definition) is 9. The summed E-state index contributed by atoms with van der Waals surface area (Å²) in [5, 5.41) is 16.6. The molecule has 0 amide bonds. The standard InChI is InChI=1S/C3H6N6O2.H3O4P/c4-1-5-2(8-10)7-3(6-1)9-11;1-5(2,3)4/h10-11H,(H4,4,5,6,7,8,9);(H3,1,2,3,4). The van der Waals surface area contributed by atoms with E-state index < -0.39 is 7.82 Å². The van der Waals surface area contributed by atoms with Gasteiger partial charge in [0, 0.05) is 0 Å². The molecule has 0 aliphatic heterocycles. The third-order valence-corrected chi connectivity index (χ3v) is 0.853. The Hall–Kier alpha value is -1.56. The summed E-state index contributed by atoms with van der Waals surface area (Å²) in [6.45, 7) is 0. The number of nitrogens with two attached hydrogens (primary N) is 1. The highest BCUT2D eigenvalue weighted by Crippen LogP contribution is 2.25. The van der Waals surface area contributed by atoms with Crippen LogP contribution in [0.25, 0.3) is 0 Å². The number of anilines is 3. The Balaban J connectivity index is 0.000000385. The molecule has 0 aliphatic carbocycles. The maximum absolute atomic E-state index is 8.88. The van der Waals surface area contributed by atoms with Gasteiger partial charge in [0.15, 0.2) is 0 Å². The number of nitrogens with one attached hydrogen (secondary N) is 2. The van der Waals surface area contributed by atoms with Crippen molar-refractivity contribution in [3.05, 3.63) is 0 Å². The Labute approximate surface area is 88.0 Å². The quantitative estimate of drug-likeness (QED) is 0.216. The van der Waals surface area contributed by atoms with Crippen molar-refractivity contribution < 1.29 is 29.7 Å². The minimum atomic E-state index is -4.64. The van der Waals surface area contributed by atoms with Crippen LogP contribution in [0.5, 0.6) is 0 Å². The summed E-state index contributed by atoms with van der Waals surface area (Å²) in [6.07, 6.45) is 0. The van der Waals surface area contributed by atoms with Crippen LogP contribution in [0.4, 0.5) is 17.8 Å². The minimum absolute atomic E-state index is 0.117. The van der Waals surface area contributed by atoms with Crippen LogP contribution in [-0.2, 0) is 4.57 Å². The van der Waals surface area contributed by atoms with E-state index in [0.717, 1.165) is 0 Å². The van der Waals surface area contributed by atoms with E-state index in [-0.39, 0.29) is 17.8 Å². The van der Waals surface area contributed by atoms with E-state index in [0.29, 0.717) is 0 Å². The van der Waals surface area contributed by atoms with E-state index in [4.69, 9.17) is 35.4 Å². The van der Waals surface area contributed by atoms with Gasteiger partial charge in [-0.25, -0.2) is 15.5 Å². The molecular weight excluding hydrogens is 247 g/mol. The smallest absolute Gasteiger partial charge is 0.368 e. The zero-order chi connectivity index (χ0) is 12.8. The molecule has 0 radical (unpaired) electrons. The maximum atomic E-state index is 8.88. The Morgan fingerprint density at radius 3 is 1.56 bits per heavy atom. The molecule has 1 rings (SSSR count). The molecule has 12 nitrogen and oxygen atoms in total. The third kappa shape index (κ3) is 7.81. The summed E-state index contributed by atoms with van der Waals surface area (Å²) < 4.78 is 8.88. The summed E-state index contributed by atoms with van der Waals surface area (Å²) in [5.41, 5.74) is 8.44. The van der Waals surface area contributed by atoms with Crippen LogP contribution in [0, 0.1) is 0 Å². The van der Waals surface area contributed by atoms with E-state index in [1.807, 2.05) is 0 Å². The molecule has 16 heavy (non-hydrogen) atoms. The molecule has 0 aromatic carbocycles. The van der Waals surface area contributed by atoms with Crippen molar-refractivity contribution in [3.8, 4) is 0 Å². The lowest BCUT2D eigenvalue weighted by molar-refractivity contribution is 0.275. The fourth-order valence-corrected chi connectivity index (χ4v) is 0.492. The van der Waals surface area contributed by atoms with Gasteiger partial charge < -0.3 is 20.4 Å². The summed E-state index contributed by atoms with van der Waals surface area (Å²) in [6, 6.07) is 0. The lowest BCUT2D eigenvalue weighted by Gasteiger charge is -2.00. The van der Waals surface area contributed by atoms with Crippen LogP contribution in [0.15, 0.2) is 0 Å². The highest BCUT2D eigenvalue weighted by molar-refractivity contribution is 7.45. The predicted octanol–water partition coefficient (Wildman–Crippen LogP) is -1.87. The van der Waals surface area contributed by atoms with Crippen molar-refractivity contribution in [2.45, 2.75) is 0 Å². The first kappa shape index (κ1) is 14.4. The van der Waals surface area contributed by atoms with Gasteiger partial charge in [-0.1, -0.05) is 0 Å². The second-order valence-corrected chi connectivity index (χ2v) is 3.10. The molecule has 0 atom stereocenters. The number of nitrogen functional groups attached to an aromatic ring is 1. The second-order valence-electron chi connectivity index (χ2n) is 2.08. The first-order valence-electron chi connectivity index (χ1n) is 3.36. The molecule has 1 aromatic heterocycles. The van der Waals surface area contributed by atoms with E-state index in [9.17, 15) is 0 Å². The van der Waals surface area contributed by atoms with Crippen LogP contribution < -0.4 is 16.7 Å². The molecule has 92 valence electrons. The highest BCUT2D eigenvalue weighted by atomic mass is 31.2. The Morgan fingerprint density at radius 1 is 1.00 bits per heavy atom. The first-order chi connectivity index (χ1) is 7.26. The molecule has 0 fully saturated rings. The van der Waals surface area contributed by atoms with Gasteiger partial charge in [0.2, 0.25) is 5.95 Å². The van der Waals surface area contributed by atoms with Gasteiger partial charge in [-0.15, -0.1) is 0 Å². The average Bonchev–Trinajstić information content (AvgIpc) is 2.14. The fraction of sp³-hybridized carbons (Fsp3) is 0. The number of nitrogens with zero attached hydrogens (tertiary/aromatic N) is 3. The number of rotatable bonds is 2. The zero-order valence-electron chi connectivity index (χ0n) is 7.51. The van der Waals surface area contributed by atoms with Crippen LogP contribution >= 0.6 is 7.82 Å². The van der Waals surface area contributed by atoms with Crippen molar-refractivity contribution >= 4 is 25.7 Å². The predicted molar refractivity (Wildman–Crippen MR) is 49.3 cm³/mol. The van der Waals surface area contributed by atoms with Crippen molar-refractivity contribution in [1.82, 2.24) is 15.0 Å². The molecule has 1 aromatic rings. The highest BCUT2D eigenvalue weighted by Gasteiger charge is 2.00. The topological polar surface area (TPSA) is 207 Å². The molecule has 1 heterocycles. The summed E-state index contributed by atoms with van der Waals surface area (Å²) in [5.74, 6) is -0.406. The van der Waals surface area contributed by atoms with Crippen molar-refractivity contribution in [2.24, 2.45) is 0 Å². The zero-order valence-corrected chi connectivity index (χ0v) is 8.40. The fourth-order valence-electron chi connectivity index (χ4n) is 0.492. The van der Waals surface area contributed by atoms with Gasteiger partial charge in [-0.2, -0.15) is 15.0 Å². The van der Waals surface area contributed by atoms with Crippen LogP contribution in [-0.4, -0.2) is 40.0 Å². The van der Waals surface area contributed by atoms with Crippen molar-refractivity contribution in [2.75, 3.05) is 16.7 Å². The van der Waals surface area contributed by atoms with Gasteiger partial charge in [0.05, 0.1) is 0 Å². The number of aromatic nitrogens is 3. The Bertz CT molecular complexity index is 350. The van der Waals surface area contributed by atoms with Gasteiger partial charge in [0.25, 0.3) is 11.9 Å². The van der Waals surface area contributed by atoms with E-state index in [2.05, 4.69) is 15.0 Å². The van der Waals surface area contributed by atoms with Gasteiger partial charge in [-0.3, -0.25) is 10.4 Å². The van der Waals surface area contributed by atoms with Crippen molar-refractivity contribution in [3.63, 3.8) is 0 Å². The normalized spacial score (nSPS) is 10.1. The Kier molecular flexibility index (Phi) is 5.52. The summed E-state index contributed by atoms with van der Waals surface area (Å²) in [4.78, 5) is 31.9. The molecule has 0 unspecified atom stereocenters. The van der Waals surface area contributed by atoms with E-state index in [1.54, 1.807) is 11.0 Å². The average molecular weight is 256 g/mol. The molecule has 0 saturated carbocycles. The molecule has 0 aliphatic rings. The monoisotopic (exact) mass is 256 g/mol. The van der Waals surface area contributed by atoms with Gasteiger partial charge in [-0.05, 0) is 0 Å². The van der Waals surface area contributed by atoms with Crippen LogP contribution in [0.1, 0.15) is 0 Å². The first-order valence-corrected chi connectivity index (χ1v) is 4.93. The Morgan fingerprint density at radius 2 is 1.31 bits per heavy atom. The largest absolute Gasteiger partial charge is 0.466 e. The van der Waals surface area contributed by atoms with E-state index >= 15 is 0 Å². The SMILES string of the molecule is Nc1nc(NO)nc(NO)n1.O=P(O)(O)O. The third-order valence-electron chi connectivity index (χ3n) is 0.853. The maximum Gasteiger partial charge on any atom is 0.466 e. The van der Waals surface area contributed by atoms with E-state index in [1.165, 1.54) is 0 Å².